The second-order valence-electron chi connectivity index (χ2n) is 6.62. The molecule has 1 aliphatic rings. The van der Waals surface area contributed by atoms with E-state index in [2.05, 4.69) is 30.0 Å². The maximum absolute atomic E-state index is 12.4. The Morgan fingerprint density at radius 3 is 2.64 bits per heavy atom. The molecule has 0 aliphatic carbocycles. The predicted octanol–water partition coefficient (Wildman–Crippen LogP) is -0.318. The van der Waals surface area contributed by atoms with E-state index >= 15 is 0 Å². The van der Waals surface area contributed by atoms with Crippen molar-refractivity contribution in [2.75, 3.05) is 31.1 Å². The molecular formula is C14H24N4O13P3S2+. The molecule has 1 aromatic heterocycles. The SMILES string of the molecule is CSSCO[C@H]1C[C@H](n2cc(C#CCN)c(N)nc2=O)O[C@@H]1COP(=O)(O)OP(=O)(O)O[P+](O)(O)O. The molecule has 0 aromatic carbocycles. The molecular weight excluding hydrogens is 589 g/mol. The summed E-state index contributed by atoms with van der Waals surface area (Å²) in [6.45, 7) is -0.707. The van der Waals surface area contributed by atoms with Crippen LogP contribution in [0, 0.1) is 11.8 Å². The van der Waals surface area contributed by atoms with Crippen molar-refractivity contribution >= 4 is 51.2 Å². The zero-order valence-corrected chi connectivity index (χ0v) is 22.7. The van der Waals surface area contributed by atoms with E-state index in [0.29, 0.717) is 0 Å². The van der Waals surface area contributed by atoms with Gasteiger partial charge in [-0.1, -0.05) is 33.4 Å². The van der Waals surface area contributed by atoms with E-state index in [1.54, 1.807) is 0 Å². The first-order valence-corrected chi connectivity index (χ1v) is 16.7. The van der Waals surface area contributed by atoms with Crippen LogP contribution in [-0.4, -0.2) is 71.6 Å². The van der Waals surface area contributed by atoms with E-state index in [1.165, 1.54) is 27.8 Å². The van der Waals surface area contributed by atoms with Gasteiger partial charge in [-0.3, -0.25) is 14.0 Å². The van der Waals surface area contributed by atoms with Gasteiger partial charge in [0.1, 0.15) is 24.1 Å². The summed E-state index contributed by atoms with van der Waals surface area (Å²) < 4.78 is 48.4. The summed E-state index contributed by atoms with van der Waals surface area (Å²) in [5.41, 5.74) is 10.5. The molecule has 1 aromatic rings. The molecule has 5 atom stereocenters. The topological polar surface area (TPSA) is 268 Å². The number of nitrogens with zero attached hydrogens (tertiary/aromatic N) is 2. The second-order valence-corrected chi connectivity index (χ2v) is 13.6. The number of nitrogens with two attached hydrogens (primary N) is 2. The summed E-state index contributed by atoms with van der Waals surface area (Å²) in [6, 6.07) is 0. The van der Waals surface area contributed by atoms with Crippen molar-refractivity contribution in [2.24, 2.45) is 5.73 Å². The minimum atomic E-state index is -5.62. The Morgan fingerprint density at radius 2 is 2.03 bits per heavy atom. The van der Waals surface area contributed by atoms with Gasteiger partial charge in [-0.25, -0.2) is 13.9 Å². The van der Waals surface area contributed by atoms with Gasteiger partial charge in [0.25, 0.3) is 0 Å². The highest BCUT2D eigenvalue weighted by Gasteiger charge is 2.50. The van der Waals surface area contributed by atoms with Crippen molar-refractivity contribution in [1.29, 1.82) is 0 Å². The Morgan fingerprint density at radius 1 is 1.33 bits per heavy atom. The highest BCUT2D eigenvalue weighted by atomic mass is 33.1. The lowest BCUT2D eigenvalue weighted by Gasteiger charge is -2.20. The van der Waals surface area contributed by atoms with Gasteiger partial charge in [-0.05, 0) is 10.6 Å². The summed E-state index contributed by atoms with van der Waals surface area (Å²) >= 11 is 0. The quantitative estimate of drug-likeness (QED) is 0.0523. The number of nitrogen functional groups attached to an aromatic ring is 1. The fourth-order valence-electron chi connectivity index (χ4n) is 2.77. The van der Waals surface area contributed by atoms with Crippen LogP contribution in [-0.2, 0) is 31.7 Å². The van der Waals surface area contributed by atoms with Crippen LogP contribution in [0.4, 0.5) is 5.82 Å². The Kier molecular flexibility index (Phi) is 11.8. The van der Waals surface area contributed by atoms with E-state index < -0.39 is 54.5 Å². The molecule has 0 radical (unpaired) electrons. The van der Waals surface area contributed by atoms with E-state index in [0.717, 1.165) is 4.57 Å². The minimum absolute atomic E-state index is 0.0354. The van der Waals surface area contributed by atoms with Gasteiger partial charge >= 0.3 is 29.5 Å². The Balaban J connectivity index is 2.19. The number of phosphoric acid groups is 2. The minimum Gasteiger partial charge on any atom is -0.382 e. The average Bonchev–Trinajstić information content (AvgIpc) is 3.12. The molecule has 0 amide bonds. The van der Waals surface area contributed by atoms with Crippen LogP contribution in [0.25, 0.3) is 0 Å². The van der Waals surface area contributed by atoms with E-state index in [1.807, 2.05) is 6.26 Å². The van der Waals surface area contributed by atoms with Gasteiger partial charge < -0.3 is 25.8 Å². The maximum Gasteiger partial charge on any atom is 0.578 e. The fraction of sp³-hybridized carbons (Fsp3) is 0.571. The third kappa shape index (κ3) is 10.3. The molecule has 22 heteroatoms. The lowest BCUT2D eigenvalue weighted by atomic mass is 10.2. The van der Waals surface area contributed by atoms with Crippen LogP contribution in [0.3, 0.4) is 0 Å². The molecule has 17 nitrogen and oxygen atoms in total. The van der Waals surface area contributed by atoms with Crippen molar-refractivity contribution in [3.05, 3.63) is 22.2 Å². The molecule has 1 fully saturated rings. The van der Waals surface area contributed by atoms with Crippen LogP contribution >= 0.6 is 45.4 Å². The number of ether oxygens (including phenoxy) is 2. The first-order valence-electron chi connectivity index (χ1n) is 9.46. The monoisotopic (exact) mass is 613 g/mol. The first-order chi connectivity index (χ1) is 16.7. The van der Waals surface area contributed by atoms with Crippen LogP contribution < -0.4 is 17.2 Å². The molecule has 1 saturated heterocycles. The molecule has 0 spiro atoms. The third-order valence-electron chi connectivity index (χ3n) is 4.07. The molecule has 9 N–H and O–H groups in total. The molecule has 2 rings (SSSR count). The van der Waals surface area contributed by atoms with Gasteiger partial charge in [0, 0.05) is 12.6 Å². The van der Waals surface area contributed by atoms with Crippen LogP contribution in [0.5, 0.6) is 0 Å². The third-order valence-corrected chi connectivity index (χ3v) is 9.36. The highest BCUT2D eigenvalue weighted by Crippen LogP contribution is 2.68. The van der Waals surface area contributed by atoms with Gasteiger partial charge in [-0.2, -0.15) is 24.0 Å². The van der Waals surface area contributed by atoms with Gasteiger partial charge in [-0.15, -0.1) is 0 Å². The standard InChI is InChI=1S/C14H23N4O13P3S2/c1-35-36-8-27-10-5-12(18-6-9(3-2-4-15)13(16)17-14(18)19)29-11(10)7-28-33(23,24)31-34(25,26)30-32(20,21)22/h6,10-12,20-22H,4-5,7-8,15H2,1H3,(H3-,16,17,19,23,24,25,26)/p+1/t10-,11+,12+/m0/s1. The molecule has 204 valence electrons. The van der Waals surface area contributed by atoms with Crippen LogP contribution in [0.1, 0.15) is 18.2 Å². The number of anilines is 1. The van der Waals surface area contributed by atoms with Crippen molar-refractivity contribution in [3.8, 4) is 11.8 Å². The molecule has 2 heterocycles. The number of hydrogen-bond donors (Lipinski definition) is 7. The average molecular weight is 613 g/mol. The lowest BCUT2D eigenvalue weighted by molar-refractivity contribution is -0.0543. The Labute approximate surface area is 212 Å². The summed E-state index contributed by atoms with van der Waals surface area (Å²) in [6.07, 6.45) is 0.301. The molecule has 0 bridgehead atoms. The van der Waals surface area contributed by atoms with Crippen LogP contribution in [0.15, 0.2) is 11.0 Å². The lowest BCUT2D eigenvalue weighted by Crippen LogP contribution is -2.29. The van der Waals surface area contributed by atoms with E-state index in [4.69, 9.17) is 35.6 Å². The highest BCUT2D eigenvalue weighted by molar-refractivity contribution is 8.76. The zero-order valence-electron chi connectivity index (χ0n) is 18.3. The van der Waals surface area contributed by atoms with Gasteiger partial charge in [0.05, 0.1) is 24.8 Å². The number of aromatic nitrogens is 2. The summed E-state index contributed by atoms with van der Waals surface area (Å²) in [5, 5.41) is 0. The number of hydrogen-bond acceptors (Lipinski definition) is 16. The fourth-order valence-corrected chi connectivity index (χ4v) is 6.61. The largest absolute Gasteiger partial charge is 0.578 e. The summed E-state index contributed by atoms with van der Waals surface area (Å²) in [7, 11) is -13.5. The second kappa shape index (κ2) is 13.5. The summed E-state index contributed by atoms with van der Waals surface area (Å²) in [5.74, 6) is 5.31. The molecule has 0 saturated carbocycles. The Bertz CT molecular complexity index is 1120. The normalized spacial score (nSPS) is 23.5. The van der Waals surface area contributed by atoms with Crippen molar-refractivity contribution < 1.29 is 56.2 Å². The van der Waals surface area contributed by atoms with Gasteiger partial charge in [0.2, 0.25) is 0 Å². The molecule has 2 unspecified atom stereocenters. The van der Waals surface area contributed by atoms with Crippen molar-refractivity contribution in [3.63, 3.8) is 0 Å². The zero-order chi connectivity index (χ0) is 27.1. The summed E-state index contributed by atoms with van der Waals surface area (Å²) in [4.78, 5) is 61.3. The smallest absolute Gasteiger partial charge is 0.382 e. The molecule has 1 aliphatic heterocycles. The van der Waals surface area contributed by atoms with Crippen molar-refractivity contribution in [1.82, 2.24) is 9.55 Å². The number of rotatable bonds is 12. The van der Waals surface area contributed by atoms with E-state index in [9.17, 15) is 23.7 Å². The van der Waals surface area contributed by atoms with Crippen molar-refractivity contribution in [2.45, 2.75) is 24.9 Å². The predicted molar refractivity (Wildman–Crippen MR) is 130 cm³/mol. The number of phosphoric ester groups is 1. The first kappa shape index (κ1) is 31.6. The van der Waals surface area contributed by atoms with Gasteiger partial charge in [0.15, 0.2) is 0 Å². The Hall–Kier alpha value is -0.610. The van der Waals surface area contributed by atoms with E-state index in [-0.39, 0.29) is 30.3 Å². The maximum atomic E-state index is 12.4. The van der Waals surface area contributed by atoms with Crippen LogP contribution in [0.2, 0.25) is 0 Å². The molecule has 36 heavy (non-hydrogen) atoms.